The molecule has 1 aromatic heterocycles. The summed E-state index contributed by atoms with van der Waals surface area (Å²) in [5.41, 5.74) is 0.0893. The standard InChI is InChI=1S/C6H4BrN2O3/c1-4-2-8(10)3-5(7)6(4)9(11)12/h3H,1H3/q-1. The Balaban J connectivity index is 3.38. The number of hydrogen-bond donors (Lipinski definition) is 0. The molecule has 0 unspecified atom stereocenters. The highest BCUT2D eigenvalue weighted by molar-refractivity contribution is 9.10. The van der Waals surface area contributed by atoms with Crippen molar-refractivity contribution in [3.05, 3.63) is 37.8 Å². The van der Waals surface area contributed by atoms with Crippen molar-refractivity contribution in [1.82, 2.24) is 0 Å². The van der Waals surface area contributed by atoms with Gasteiger partial charge < -0.3 is 5.21 Å². The van der Waals surface area contributed by atoms with Gasteiger partial charge >= 0.3 is 0 Å². The minimum absolute atomic E-state index is 0.123. The number of aryl methyl sites for hydroxylation is 1. The molecule has 0 aliphatic rings. The lowest BCUT2D eigenvalue weighted by Gasteiger charge is -2.08. The number of nitro groups is 1. The van der Waals surface area contributed by atoms with Crippen LogP contribution in [0.2, 0.25) is 0 Å². The predicted molar refractivity (Wildman–Crippen MR) is 43.3 cm³/mol. The van der Waals surface area contributed by atoms with E-state index in [0.29, 0.717) is 4.73 Å². The van der Waals surface area contributed by atoms with E-state index in [4.69, 9.17) is 0 Å². The first-order valence-corrected chi connectivity index (χ1v) is 3.77. The zero-order valence-electron chi connectivity index (χ0n) is 6.07. The van der Waals surface area contributed by atoms with Crippen LogP contribution >= 0.6 is 15.9 Å². The largest absolute Gasteiger partial charge is 0.640 e. The zero-order chi connectivity index (χ0) is 9.30. The maximum absolute atomic E-state index is 10.7. The van der Waals surface area contributed by atoms with E-state index in [-0.39, 0.29) is 15.7 Å². The van der Waals surface area contributed by atoms with Gasteiger partial charge in [0.05, 0.1) is 6.20 Å². The summed E-state index contributed by atoms with van der Waals surface area (Å²) in [6, 6.07) is 0. The second-order valence-corrected chi connectivity index (χ2v) is 3.00. The predicted octanol–water partition coefficient (Wildman–Crippen LogP) is 1.10. The summed E-state index contributed by atoms with van der Waals surface area (Å²) in [6.45, 7) is 1.46. The maximum Gasteiger partial charge on any atom is 0.191 e. The Hall–Kier alpha value is -1.17. The maximum atomic E-state index is 10.7. The van der Waals surface area contributed by atoms with E-state index in [1.807, 2.05) is 0 Å². The van der Waals surface area contributed by atoms with Crippen molar-refractivity contribution in [2.75, 3.05) is 0 Å². The third kappa shape index (κ3) is 1.53. The second-order valence-electron chi connectivity index (χ2n) is 2.15. The summed E-state index contributed by atoms with van der Waals surface area (Å²) in [6.07, 6.45) is 3.30. The topological polar surface area (TPSA) is 70.1 Å². The Kier molecular flexibility index (Phi) is 2.27. The van der Waals surface area contributed by atoms with Gasteiger partial charge in [-0.3, -0.25) is 14.8 Å². The highest BCUT2D eigenvalue weighted by atomic mass is 79.9. The summed E-state index contributed by atoms with van der Waals surface area (Å²) >= 11 is 2.92. The molecule has 0 aliphatic heterocycles. The highest BCUT2D eigenvalue weighted by Crippen LogP contribution is 2.25. The molecule has 0 saturated carbocycles. The van der Waals surface area contributed by atoms with Gasteiger partial charge in [-0.1, -0.05) is 22.9 Å². The first-order valence-electron chi connectivity index (χ1n) is 2.98. The Morgan fingerprint density at radius 3 is 2.75 bits per heavy atom. The molecule has 0 aliphatic carbocycles. The number of halogens is 1. The molecule has 1 rings (SSSR count). The number of nitrogens with zero attached hydrogens (tertiary/aromatic N) is 2. The van der Waals surface area contributed by atoms with Crippen LogP contribution in [0.25, 0.3) is 0 Å². The molecule has 5 nitrogen and oxygen atoms in total. The van der Waals surface area contributed by atoms with E-state index in [2.05, 4.69) is 22.1 Å². The van der Waals surface area contributed by atoms with Crippen molar-refractivity contribution in [2.45, 2.75) is 6.92 Å². The first-order chi connectivity index (χ1) is 5.52. The Morgan fingerprint density at radius 1 is 1.75 bits per heavy atom. The fourth-order valence-electron chi connectivity index (χ4n) is 0.818. The van der Waals surface area contributed by atoms with E-state index in [9.17, 15) is 15.3 Å². The van der Waals surface area contributed by atoms with E-state index >= 15 is 0 Å². The first kappa shape index (κ1) is 8.92. The number of hydrogen-bond acceptors (Lipinski definition) is 3. The molecular weight excluding hydrogens is 228 g/mol. The SMILES string of the molecule is Cc1[c-][n+]([O-])cc(Br)c1[N+](=O)[O-]. The van der Waals surface area contributed by atoms with Gasteiger partial charge in [0.25, 0.3) is 0 Å². The van der Waals surface area contributed by atoms with Gasteiger partial charge in [0.1, 0.15) is 6.20 Å². The summed E-state index contributed by atoms with van der Waals surface area (Å²) < 4.78 is 0.561. The van der Waals surface area contributed by atoms with Crippen molar-refractivity contribution in [2.24, 2.45) is 0 Å². The average molecular weight is 232 g/mol. The van der Waals surface area contributed by atoms with E-state index in [1.54, 1.807) is 0 Å². The van der Waals surface area contributed by atoms with Gasteiger partial charge in [-0.05, 0) is 5.56 Å². The van der Waals surface area contributed by atoms with Crippen molar-refractivity contribution in [3.63, 3.8) is 0 Å². The summed E-state index contributed by atoms with van der Waals surface area (Å²) in [5.74, 6) is 0. The third-order valence-corrected chi connectivity index (χ3v) is 1.85. The lowest BCUT2D eigenvalue weighted by molar-refractivity contribution is -0.611. The molecule has 12 heavy (non-hydrogen) atoms. The van der Waals surface area contributed by atoms with Crippen LogP contribution in [0.15, 0.2) is 10.7 Å². The van der Waals surface area contributed by atoms with Crippen molar-refractivity contribution < 1.29 is 9.65 Å². The number of aromatic nitrogens is 1. The van der Waals surface area contributed by atoms with E-state index < -0.39 is 4.92 Å². The normalized spacial score (nSPS) is 9.83. The van der Waals surface area contributed by atoms with Gasteiger partial charge in [-0.25, -0.2) is 0 Å². The van der Waals surface area contributed by atoms with Crippen LogP contribution in [0, 0.1) is 28.4 Å². The van der Waals surface area contributed by atoms with Crippen molar-refractivity contribution >= 4 is 21.6 Å². The van der Waals surface area contributed by atoms with Gasteiger partial charge in [0.15, 0.2) is 5.69 Å². The van der Waals surface area contributed by atoms with Gasteiger partial charge in [0, 0.05) is 9.40 Å². The highest BCUT2D eigenvalue weighted by Gasteiger charge is 2.10. The third-order valence-electron chi connectivity index (χ3n) is 1.27. The molecular formula is C6H4BrN2O3-. The van der Waals surface area contributed by atoms with Crippen molar-refractivity contribution in [1.29, 1.82) is 0 Å². The molecule has 0 spiro atoms. The lowest BCUT2D eigenvalue weighted by atomic mass is 10.3. The molecule has 64 valence electrons. The van der Waals surface area contributed by atoms with Crippen LogP contribution in [-0.2, 0) is 0 Å². The quantitative estimate of drug-likeness (QED) is 0.239. The monoisotopic (exact) mass is 231 g/mol. The van der Waals surface area contributed by atoms with Crippen LogP contribution in [0.4, 0.5) is 5.69 Å². The average Bonchev–Trinajstić information content (AvgIpc) is 1.82. The second kappa shape index (κ2) is 3.06. The fraction of sp³-hybridized carbons (Fsp3) is 0.167. The van der Waals surface area contributed by atoms with Crippen LogP contribution in [0.1, 0.15) is 5.56 Å². The molecule has 0 amide bonds. The van der Waals surface area contributed by atoms with Crippen molar-refractivity contribution in [3.8, 4) is 0 Å². The molecule has 1 aromatic rings. The number of rotatable bonds is 1. The van der Waals surface area contributed by atoms with Crippen LogP contribution < -0.4 is 4.73 Å². The van der Waals surface area contributed by atoms with Gasteiger partial charge in [0.2, 0.25) is 0 Å². The lowest BCUT2D eigenvalue weighted by Crippen LogP contribution is -2.26. The summed E-state index contributed by atoms with van der Waals surface area (Å²) in [5, 5.41) is 21.1. The molecule has 0 radical (unpaired) electrons. The molecule has 0 atom stereocenters. The van der Waals surface area contributed by atoms with Gasteiger partial charge in [-0.2, -0.15) is 0 Å². The summed E-state index contributed by atoms with van der Waals surface area (Å²) in [7, 11) is 0. The zero-order valence-corrected chi connectivity index (χ0v) is 7.66. The van der Waals surface area contributed by atoms with E-state index in [0.717, 1.165) is 6.20 Å². The smallest absolute Gasteiger partial charge is 0.191 e. The molecule has 0 bridgehead atoms. The van der Waals surface area contributed by atoms with Gasteiger partial charge in [-0.15, -0.1) is 0 Å². The number of pyridine rings is 1. The molecule has 0 saturated heterocycles. The Bertz CT molecular complexity index is 317. The molecule has 0 aromatic carbocycles. The van der Waals surface area contributed by atoms with Crippen LogP contribution in [-0.4, -0.2) is 4.92 Å². The minimum atomic E-state index is -0.560. The van der Waals surface area contributed by atoms with Crippen LogP contribution in [0.5, 0.6) is 0 Å². The Labute approximate surface area is 76.5 Å². The van der Waals surface area contributed by atoms with Crippen LogP contribution in [0.3, 0.4) is 0 Å². The summed E-state index contributed by atoms with van der Waals surface area (Å²) in [4.78, 5) is 9.84. The van der Waals surface area contributed by atoms with E-state index in [1.165, 1.54) is 6.92 Å². The Morgan fingerprint density at radius 2 is 2.33 bits per heavy atom. The molecule has 6 heteroatoms. The minimum Gasteiger partial charge on any atom is -0.640 e. The molecule has 1 heterocycles. The molecule has 0 fully saturated rings. The molecule has 0 N–H and O–H groups in total. The fourth-order valence-corrected chi connectivity index (χ4v) is 1.45.